The second-order valence-electron chi connectivity index (χ2n) is 4.34. The first-order chi connectivity index (χ1) is 10.9. The van der Waals surface area contributed by atoms with Crippen molar-refractivity contribution in [3.8, 4) is 11.5 Å². The fourth-order valence-corrected chi connectivity index (χ4v) is 3.08. The molecule has 0 unspecified atom stereocenters. The fraction of sp³-hybridized carbons (Fsp3) is 0. The minimum absolute atomic E-state index is 0.0235. The van der Waals surface area contributed by atoms with E-state index < -0.39 is 10.9 Å². The Balaban J connectivity index is 2.26. The fourth-order valence-electron chi connectivity index (χ4n) is 1.69. The van der Waals surface area contributed by atoms with Gasteiger partial charge in [0.1, 0.15) is 5.75 Å². The molecule has 0 saturated heterocycles. The summed E-state index contributed by atoms with van der Waals surface area (Å²) < 4.78 is 6.91. The lowest BCUT2D eigenvalue weighted by Gasteiger charge is -2.11. The number of halogens is 2. The lowest BCUT2D eigenvalue weighted by Crippen LogP contribution is -1.91. The van der Waals surface area contributed by atoms with E-state index in [1.165, 1.54) is 30.3 Å². The normalized spacial score (nSPS) is 10.7. The van der Waals surface area contributed by atoms with Crippen LogP contribution in [0.2, 0.25) is 0 Å². The van der Waals surface area contributed by atoms with Crippen molar-refractivity contribution in [2.75, 3.05) is 0 Å². The number of hydrogen-bond acceptors (Lipinski definition) is 4. The third-order valence-corrected chi connectivity index (χ3v) is 3.88. The quantitative estimate of drug-likeness (QED) is 0.399. The first-order valence-corrected chi connectivity index (χ1v) is 7.78. The summed E-state index contributed by atoms with van der Waals surface area (Å²) in [6.07, 6.45) is 2.48. The molecule has 0 amide bonds. The van der Waals surface area contributed by atoms with Gasteiger partial charge in [0, 0.05) is 18.2 Å². The summed E-state index contributed by atoms with van der Waals surface area (Å²) in [6.45, 7) is 0. The van der Waals surface area contributed by atoms with E-state index in [-0.39, 0.29) is 5.69 Å². The zero-order valence-corrected chi connectivity index (χ0v) is 14.6. The summed E-state index contributed by atoms with van der Waals surface area (Å²) in [4.78, 5) is 20.7. The van der Waals surface area contributed by atoms with Gasteiger partial charge in [0.05, 0.1) is 13.9 Å². The highest BCUT2D eigenvalue weighted by atomic mass is 79.9. The van der Waals surface area contributed by atoms with Gasteiger partial charge in [0.2, 0.25) is 0 Å². The number of rotatable bonds is 5. The molecule has 0 bridgehead atoms. The van der Waals surface area contributed by atoms with Crippen molar-refractivity contribution in [1.29, 1.82) is 0 Å². The predicted molar refractivity (Wildman–Crippen MR) is 91.7 cm³/mol. The third-order valence-electron chi connectivity index (χ3n) is 2.71. The SMILES string of the molecule is O=C(O)C=Cc1cc(Br)c(Oc2ccc([N+](=O)[O-])cc2)c(Br)c1. The highest BCUT2D eigenvalue weighted by molar-refractivity contribution is 9.11. The second-order valence-corrected chi connectivity index (χ2v) is 6.05. The van der Waals surface area contributed by atoms with Gasteiger partial charge >= 0.3 is 5.97 Å². The van der Waals surface area contributed by atoms with E-state index >= 15 is 0 Å². The summed E-state index contributed by atoms with van der Waals surface area (Å²) in [6, 6.07) is 9.09. The number of nitrogens with zero attached hydrogens (tertiary/aromatic N) is 1. The number of nitro benzene ring substituents is 1. The summed E-state index contributed by atoms with van der Waals surface area (Å²) in [7, 11) is 0. The summed E-state index contributed by atoms with van der Waals surface area (Å²) in [5, 5.41) is 19.3. The van der Waals surface area contributed by atoms with Crippen LogP contribution in [0.4, 0.5) is 5.69 Å². The number of benzene rings is 2. The highest BCUT2D eigenvalue weighted by Gasteiger charge is 2.11. The van der Waals surface area contributed by atoms with Gasteiger partial charge in [-0.1, -0.05) is 0 Å². The number of carboxylic acid groups (broad SMARTS) is 1. The average Bonchev–Trinajstić information content (AvgIpc) is 2.49. The molecule has 0 fully saturated rings. The van der Waals surface area contributed by atoms with E-state index in [4.69, 9.17) is 9.84 Å². The molecule has 8 heteroatoms. The molecule has 0 heterocycles. The lowest BCUT2D eigenvalue weighted by molar-refractivity contribution is -0.384. The van der Waals surface area contributed by atoms with Crippen molar-refractivity contribution in [2.45, 2.75) is 0 Å². The monoisotopic (exact) mass is 441 g/mol. The molecule has 6 nitrogen and oxygen atoms in total. The van der Waals surface area contributed by atoms with E-state index in [0.717, 1.165) is 6.08 Å². The Morgan fingerprint density at radius 3 is 2.22 bits per heavy atom. The molecule has 2 rings (SSSR count). The molecular formula is C15H9Br2NO5. The van der Waals surface area contributed by atoms with Gasteiger partial charge in [0.25, 0.3) is 5.69 Å². The van der Waals surface area contributed by atoms with Crippen LogP contribution in [0.5, 0.6) is 11.5 Å². The van der Waals surface area contributed by atoms with Crippen LogP contribution in [0.15, 0.2) is 51.4 Å². The van der Waals surface area contributed by atoms with Gasteiger partial charge in [0.15, 0.2) is 5.75 Å². The molecule has 1 N–H and O–H groups in total. The molecule has 23 heavy (non-hydrogen) atoms. The lowest BCUT2D eigenvalue weighted by atomic mass is 10.2. The molecule has 0 aliphatic carbocycles. The van der Waals surface area contributed by atoms with Gasteiger partial charge in [-0.15, -0.1) is 0 Å². The van der Waals surface area contributed by atoms with Crippen molar-refractivity contribution in [2.24, 2.45) is 0 Å². The molecule has 0 spiro atoms. The number of nitro groups is 1. The van der Waals surface area contributed by atoms with E-state index in [2.05, 4.69) is 31.9 Å². The third kappa shape index (κ3) is 4.64. The van der Waals surface area contributed by atoms with Crippen molar-refractivity contribution in [3.05, 3.63) is 67.1 Å². The Bertz CT molecular complexity index is 764. The van der Waals surface area contributed by atoms with Crippen LogP contribution < -0.4 is 4.74 Å². The van der Waals surface area contributed by atoms with Gasteiger partial charge in [-0.3, -0.25) is 10.1 Å². The largest absolute Gasteiger partial charge is 0.478 e. The van der Waals surface area contributed by atoms with E-state index in [0.29, 0.717) is 26.0 Å². The molecule has 2 aromatic rings. The Labute approximate surface area is 147 Å². The molecule has 0 atom stereocenters. The van der Waals surface area contributed by atoms with Crippen LogP contribution in [0.1, 0.15) is 5.56 Å². The molecule has 0 aromatic heterocycles. The summed E-state index contributed by atoms with van der Waals surface area (Å²) in [5.74, 6) is -0.124. The van der Waals surface area contributed by atoms with Crippen molar-refractivity contribution >= 4 is 49.6 Å². The minimum Gasteiger partial charge on any atom is -0.478 e. The number of aliphatic carboxylic acids is 1. The smallest absolute Gasteiger partial charge is 0.328 e. The maximum atomic E-state index is 10.6. The summed E-state index contributed by atoms with van der Waals surface area (Å²) in [5.41, 5.74) is 0.645. The Morgan fingerprint density at radius 2 is 1.74 bits per heavy atom. The molecule has 0 aliphatic rings. The number of carbonyl (C=O) groups is 1. The Morgan fingerprint density at radius 1 is 1.17 bits per heavy atom. The Kier molecular flexibility index (Phi) is 5.51. The number of non-ortho nitro benzene ring substituents is 1. The van der Waals surface area contributed by atoms with Crippen LogP contribution in [0.25, 0.3) is 6.08 Å². The van der Waals surface area contributed by atoms with Gasteiger partial charge < -0.3 is 9.84 Å². The summed E-state index contributed by atoms with van der Waals surface area (Å²) >= 11 is 6.71. The molecule has 0 saturated carbocycles. The molecule has 2 aromatic carbocycles. The Hall–Kier alpha value is -2.19. The molecule has 0 radical (unpaired) electrons. The van der Waals surface area contributed by atoms with Gasteiger partial charge in [-0.25, -0.2) is 4.79 Å². The van der Waals surface area contributed by atoms with Gasteiger partial charge in [-0.05, 0) is 67.8 Å². The van der Waals surface area contributed by atoms with Crippen LogP contribution in [0, 0.1) is 10.1 Å². The molecule has 0 aliphatic heterocycles. The van der Waals surface area contributed by atoms with Crippen LogP contribution >= 0.6 is 31.9 Å². The maximum Gasteiger partial charge on any atom is 0.328 e. The van der Waals surface area contributed by atoms with Crippen molar-refractivity contribution in [3.63, 3.8) is 0 Å². The highest BCUT2D eigenvalue weighted by Crippen LogP contribution is 2.38. The average molecular weight is 443 g/mol. The predicted octanol–water partition coefficient (Wildman–Crippen LogP) is 5.01. The molecule has 118 valence electrons. The molecular weight excluding hydrogens is 434 g/mol. The van der Waals surface area contributed by atoms with E-state index in [9.17, 15) is 14.9 Å². The number of ether oxygens (including phenoxy) is 1. The maximum absolute atomic E-state index is 10.6. The van der Waals surface area contributed by atoms with E-state index in [1.54, 1.807) is 12.1 Å². The second kappa shape index (κ2) is 7.38. The van der Waals surface area contributed by atoms with Crippen molar-refractivity contribution in [1.82, 2.24) is 0 Å². The van der Waals surface area contributed by atoms with Gasteiger partial charge in [-0.2, -0.15) is 0 Å². The van der Waals surface area contributed by atoms with Crippen LogP contribution in [0.3, 0.4) is 0 Å². The first-order valence-electron chi connectivity index (χ1n) is 6.19. The number of hydrogen-bond donors (Lipinski definition) is 1. The first kappa shape index (κ1) is 17.2. The van der Waals surface area contributed by atoms with E-state index in [1.807, 2.05) is 0 Å². The standard InChI is InChI=1S/C15H9Br2NO5/c16-12-7-9(1-6-14(19)20)8-13(17)15(12)23-11-4-2-10(3-5-11)18(21)22/h1-8H,(H,19,20). The van der Waals surface area contributed by atoms with Crippen LogP contribution in [-0.2, 0) is 4.79 Å². The minimum atomic E-state index is -1.04. The number of carboxylic acids is 1. The van der Waals surface area contributed by atoms with Crippen LogP contribution in [-0.4, -0.2) is 16.0 Å². The zero-order valence-electron chi connectivity index (χ0n) is 11.4. The zero-order chi connectivity index (χ0) is 17.0. The van der Waals surface area contributed by atoms with Crippen molar-refractivity contribution < 1.29 is 19.6 Å². The topological polar surface area (TPSA) is 89.7 Å².